The first-order valence-corrected chi connectivity index (χ1v) is 5.84. The molecule has 0 amide bonds. The van der Waals surface area contributed by atoms with Crippen LogP contribution in [-0.2, 0) is 11.3 Å². The molecule has 1 rings (SSSR count). The average Bonchev–Trinajstić information content (AvgIpc) is 2.31. The summed E-state index contributed by atoms with van der Waals surface area (Å²) >= 11 is 0. The van der Waals surface area contributed by atoms with Gasteiger partial charge in [-0.15, -0.1) is 0 Å². The Morgan fingerprint density at radius 3 is 2.83 bits per heavy atom. The highest BCUT2D eigenvalue weighted by Crippen LogP contribution is 2.05. The second-order valence-electron chi connectivity index (χ2n) is 4.03. The lowest BCUT2D eigenvalue weighted by molar-refractivity contribution is 0.144. The van der Waals surface area contributed by atoms with Gasteiger partial charge in [-0.2, -0.15) is 5.26 Å². The van der Waals surface area contributed by atoms with Gasteiger partial charge in [0.1, 0.15) is 11.6 Å². The standard InChI is InChI=1S/C12H19N5O/c1-10-8-11(14)16-12(15-10)9-17(5-3-4-13)6-7-18-2/h8H,3,5-7,9H2,1-2H3,(H2,14,15,16). The molecule has 1 aromatic heterocycles. The fraction of sp³-hybridized carbons (Fsp3) is 0.583. The molecule has 0 fully saturated rings. The van der Waals surface area contributed by atoms with Crippen molar-refractivity contribution in [3.63, 3.8) is 0 Å². The van der Waals surface area contributed by atoms with E-state index < -0.39 is 0 Å². The van der Waals surface area contributed by atoms with Crippen molar-refractivity contribution in [2.75, 3.05) is 32.5 Å². The van der Waals surface area contributed by atoms with Crippen molar-refractivity contribution in [2.24, 2.45) is 0 Å². The predicted molar refractivity (Wildman–Crippen MR) is 68.6 cm³/mol. The third kappa shape index (κ3) is 5.08. The van der Waals surface area contributed by atoms with Crippen molar-refractivity contribution in [3.05, 3.63) is 17.6 Å². The molecule has 0 aliphatic carbocycles. The summed E-state index contributed by atoms with van der Waals surface area (Å²) in [5.74, 6) is 1.16. The van der Waals surface area contributed by atoms with E-state index in [4.69, 9.17) is 15.7 Å². The largest absolute Gasteiger partial charge is 0.384 e. The van der Waals surface area contributed by atoms with Gasteiger partial charge in [0.2, 0.25) is 0 Å². The zero-order chi connectivity index (χ0) is 13.4. The van der Waals surface area contributed by atoms with Gasteiger partial charge in [0, 0.05) is 38.4 Å². The van der Waals surface area contributed by atoms with E-state index in [1.807, 2.05) is 6.92 Å². The van der Waals surface area contributed by atoms with Crippen LogP contribution < -0.4 is 5.73 Å². The van der Waals surface area contributed by atoms with Crippen LogP contribution in [0.4, 0.5) is 5.82 Å². The molecule has 2 N–H and O–H groups in total. The van der Waals surface area contributed by atoms with Crippen LogP contribution >= 0.6 is 0 Å². The van der Waals surface area contributed by atoms with Gasteiger partial charge in [0.15, 0.2) is 0 Å². The number of hydrogen-bond acceptors (Lipinski definition) is 6. The zero-order valence-electron chi connectivity index (χ0n) is 10.9. The molecule has 1 aromatic rings. The van der Waals surface area contributed by atoms with Crippen LogP contribution in [0.1, 0.15) is 17.9 Å². The summed E-state index contributed by atoms with van der Waals surface area (Å²) in [6.07, 6.45) is 0.477. The Morgan fingerprint density at radius 1 is 1.44 bits per heavy atom. The molecule has 6 heteroatoms. The Morgan fingerprint density at radius 2 is 2.22 bits per heavy atom. The first-order chi connectivity index (χ1) is 8.65. The molecule has 0 unspecified atom stereocenters. The number of aryl methyl sites for hydroxylation is 1. The smallest absolute Gasteiger partial charge is 0.144 e. The minimum absolute atomic E-state index is 0.476. The fourth-order valence-corrected chi connectivity index (χ4v) is 1.63. The van der Waals surface area contributed by atoms with Gasteiger partial charge in [0.25, 0.3) is 0 Å². The molecule has 0 saturated carbocycles. The molecule has 0 atom stereocenters. The molecule has 0 aliphatic rings. The molecule has 0 bridgehead atoms. The number of rotatable bonds is 7. The van der Waals surface area contributed by atoms with Crippen LogP contribution in [0.3, 0.4) is 0 Å². The summed E-state index contributed by atoms with van der Waals surface area (Å²) in [6, 6.07) is 3.87. The minimum Gasteiger partial charge on any atom is -0.384 e. The zero-order valence-corrected chi connectivity index (χ0v) is 10.9. The Labute approximate surface area is 107 Å². The molecular formula is C12H19N5O. The number of nitrogens with two attached hydrogens (primary N) is 1. The van der Waals surface area contributed by atoms with Gasteiger partial charge in [-0.1, -0.05) is 0 Å². The van der Waals surface area contributed by atoms with Crippen LogP contribution in [0.2, 0.25) is 0 Å². The predicted octanol–water partition coefficient (Wildman–Crippen LogP) is 0.729. The summed E-state index contributed by atoms with van der Waals surface area (Å²) in [6.45, 7) is 4.51. The van der Waals surface area contributed by atoms with E-state index in [2.05, 4.69) is 20.9 Å². The summed E-state index contributed by atoms with van der Waals surface area (Å²) in [5, 5.41) is 8.64. The van der Waals surface area contributed by atoms with E-state index in [9.17, 15) is 0 Å². The number of hydrogen-bond donors (Lipinski definition) is 1. The van der Waals surface area contributed by atoms with Gasteiger partial charge in [0.05, 0.1) is 19.2 Å². The van der Waals surface area contributed by atoms with Crippen molar-refractivity contribution < 1.29 is 4.74 Å². The van der Waals surface area contributed by atoms with Crippen LogP contribution in [0.5, 0.6) is 0 Å². The van der Waals surface area contributed by atoms with Crippen molar-refractivity contribution in [1.29, 1.82) is 5.26 Å². The van der Waals surface area contributed by atoms with E-state index in [0.29, 0.717) is 37.8 Å². The molecule has 0 saturated heterocycles. The Kier molecular flexibility index (Phi) is 6.05. The quantitative estimate of drug-likeness (QED) is 0.766. The molecule has 1 heterocycles. The second-order valence-corrected chi connectivity index (χ2v) is 4.03. The van der Waals surface area contributed by atoms with Gasteiger partial charge in [-0.05, 0) is 6.92 Å². The van der Waals surface area contributed by atoms with Crippen molar-refractivity contribution in [2.45, 2.75) is 19.9 Å². The summed E-state index contributed by atoms with van der Waals surface area (Å²) in [7, 11) is 1.66. The highest BCUT2D eigenvalue weighted by atomic mass is 16.5. The van der Waals surface area contributed by atoms with Gasteiger partial charge in [-0.25, -0.2) is 9.97 Å². The normalized spacial score (nSPS) is 10.6. The SMILES string of the molecule is COCCN(CCC#N)Cc1nc(C)cc(N)n1. The van der Waals surface area contributed by atoms with Gasteiger partial charge < -0.3 is 10.5 Å². The number of nitrogens with zero attached hydrogens (tertiary/aromatic N) is 4. The van der Waals surface area contributed by atoms with E-state index in [-0.39, 0.29) is 0 Å². The number of nitriles is 1. The summed E-state index contributed by atoms with van der Waals surface area (Å²) in [4.78, 5) is 10.6. The molecule has 18 heavy (non-hydrogen) atoms. The van der Waals surface area contributed by atoms with E-state index >= 15 is 0 Å². The number of anilines is 1. The highest BCUT2D eigenvalue weighted by Gasteiger charge is 2.08. The third-order valence-corrected chi connectivity index (χ3v) is 2.44. The molecule has 0 aliphatic heterocycles. The fourth-order valence-electron chi connectivity index (χ4n) is 1.63. The molecular weight excluding hydrogens is 230 g/mol. The molecule has 0 aromatic carbocycles. The van der Waals surface area contributed by atoms with Crippen molar-refractivity contribution in [3.8, 4) is 6.07 Å². The Bertz CT molecular complexity index is 395. The Balaban J connectivity index is 2.65. The Hall–Kier alpha value is -1.71. The van der Waals surface area contributed by atoms with Crippen LogP contribution in [-0.4, -0.2) is 41.7 Å². The van der Waals surface area contributed by atoms with E-state index in [1.165, 1.54) is 0 Å². The second kappa shape index (κ2) is 7.58. The number of methoxy groups -OCH3 is 1. The molecule has 0 radical (unpaired) electrons. The maximum atomic E-state index is 8.64. The molecule has 6 nitrogen and oxygen atoms in total. The van der Waals surface area contributed by atoms with Crippen molar-refractivity contribution in [1.82, 2.24) is 14.9 Å². The summed E-state index contributed by atoms with van der Waals surface area (Å²) in [5.41, 5.74) is 6.54. The molecule has 98 valence electrons. The molecule has 0 spiro atoms. The van der Waals surface area contributed by atoms with E-state index in [1.54, 1.807) is 13.2 Å². The maximum Gasteiger partial charge on any atom is 0.144 e. The van der Waals surface area contributed by atoms with Crippen molar-refractivity contribution >= 4 is 5.82 Å². The first kappa shape index (κ1) is 14.4. The van der Waals surface area contributed by atoms with Gasteiger partial charge >= 0.3 is 0 Å². The first-order valence-electron chi connectivity index (χ1n) is 5.84. The maximum absolute atomic E-state index is 8.64. The van der Waals surface area contributed by atoms with Crippen LogP contribution in [0, 0.1) is 18.3 Å². The minimum atomic E-state index is 0.476. The average molecular weight is 249 g/mol. The monoisotopic (exact) mass is 249 g/mol. The summed E-state index contributed by atoms with van der Waals surface area (Å²) < 4.78 is 5.05. The van der Waals surface area contributed by atoms with Crippen LogP contribution in [0.15, 0.2) is 6.07 Å². The lowest BCUT2D eigenvalue weighted by Crippen LogP contribution is -2.29. The number of ether oxygens (including phenoxy) is 1. The lowest BCUT2D eigenvalue weighted by atomic mass is 10.3. The number of aromatic nitrogens is 2. The highest BCUT2D eigenvalue weighted by molar-refractivity contribution is 5.29. The lowest BCUT2D eigenvalue weighted by Gasteiger charge is -2.19. The third-order valence-electron chi connectivity index (χ3n) is 2.44. The van der Waals surface area contributed by atoms with Crippen LogP contribution in [0.25, 0.3) is 0 Å². The van der Waals surface area contributed by atoms with Gasteiger partial charge in [-0.3, -0.25) is 4.90 Å². The van der Waals surface area contributed by atoms with E-state index in [0.717, 1.165) is 12.2 Å². The topological polar surface area (TPSA) is 88.1 Å². The number of nitrogen functional groups attached to an aromatic ring is 1.